The Morgan fingerprint density at radius 2 is 1.97 bits per heavy atom. The van der Waals surface area contributed by atoms with Crippen molar-refractivity contribution in [3.63, 3.8) is 0 Å². The molecule has 0 bridgehead atoms. The Morgan fingerprint density at radius 1 is 1.14 bits per heavy atom. The number of likely N-dealkylation sites (tertiary alicyclic amines) is 2. The lowest BCUT2D eigenvalue weighted by Gasteiger charge is -2.33. The summed E-state index contributed by atoms with van der Waals surface area (Å²) in [5, 5.41) is 6.14. The average molecular weight is 396 g/mol. The summed E-state index contributed by atoms with van der Waals surface area (Å²) in [5.41, 5.74) is 1.00. The summed E-state index contributed by atoms with van der Waals surface area (Å²) < 4.78 is 0. The Kier molecular flexibility index (Phi) is 6.14. The van der Waals surface area contributed by atoms with Gasteiger partial charge >= 0.3 is 0 Å². The van der Waals surface area contributed by atoms with E-state index >= 15 is 0 Å². The summed E-state index contributed by atoms with van der Waals surface area (Å²) >= 11 is 0. The van der Waals surface area contributed by atoms with Crippen LogP contribution in [0.1, 0.15) is 37.3 Å². The van der Waals surface area contributed by atoms with Crippen LogP contribution >= 0.6 is 0 Å². The molecule has 2 aliphatic rings. The van der Waals surface area contributed by atoms with Crippen LogP contribution in [-0.2, 0) is 4.79 Å². The lowest BCUT2D eigenvalue weighted by atomic mass is 9.94. The van der Waals surface area contributed by atoms with Gasteiger partial charge in [-0.3, -0.25) is 9.69 Å². The summed E-state index contributed by atoms with van der Waals surface area (Å²) in [6, 6.07) is 3.78. The standard InChI is InChI=1S/C20H28N8O/c1-21-17-11-18(24-14-23-17)26-20-22-7-6-16(25-20)15-5-4-8-27(12-15)13-19(29)28-9-2-3-10-28/h6-7,11,14-15H,2-5,8-10,12-13H2,1H3,(H2,21,22,23,24,25,26). The molecule has 0 aliphatic carbocycles. The largest absolute Gasteiger partial charge is 0.373 e. The lowest BCUT2D eigenvalue weighted by molar-refractivity contribution is -0.131. The van der Waals surface area contributed by atoms with Crippen LogP contribution in [0.15, 0.2) is 24.7 Å². The Balaban J connectivity index is 1.39. The Bertz CT molecular complexity index is 839. The maximum atomic E-state index is 12.5. The van der Waals surface area contributed by atoms with Crippen molar-refractivity contribution in [2.75, 3.05) is 50.4 Å². The highest BCUT2D eigenvalue weighted by molar-refractivity contribution is 5.78. The van der Waals surface area contributed by atoms with E-state index in [1.54, 1.807) is 6.20 Å². The molecule has 4 heterocycles. The summed E-state index contributed by atoms with van der Waals surface area (Å²) in [6.07, 6.45) is 7.68. The second-order valence-corrected chi connectivity index (χ2v) is 7.63. The molecule has 9 heteroatoms. The van der Waals surface area contributed by atoms with Crippen LogP contribution in [0.5, 0.6) is 0 Å². The summed E-state index contributed by atoms with van der Waals surface area (Å²) in [7, 11) is 1.81. The average Bonchev–Trinajstić information content (AvgIpc) is 3.29. The quantitative estimate of drug-likeness (QED) is 0.763. The minimum absolute atomic E-state index is 0.261. The molecule has 9 nitrogen and oxygen atoms in total. The number of amides is 1. The van der Waals surface area contributed by atoms with E-state index in [0.717, 1.165) is 63.4 Å². The van der Waals surface area contributed by atoms with Gasteiger partial charge in [0.1, 0.15) is 18.0 Å². The minimum atomic E-state index is 0.261. The number of piperidine rings is 1. The van der Waals surface area contributed by atoms with Gasteiger partial charge in [-0.25, -0.2) is 19.9 Å². The van der Waals surface area contributed by atoms with Gasteiger partial charge in [-0.1, -0.05) is 0 Å². The molecule has 1 unspecified atom stereocenters. The number of carbonyl (C=O) groups is 1. The maximum Gasteiger partial charge on any atom is 0.236 e. The fraction of sp³-hybridized carbons (Fsp3) is 0.550. The minimum Gasteiger partial charge on any atom is -0.373 e. The third-order valence-electron chi connectivity index (χ3n) is 5.58. The van der Waals surface area contributed by atoms with E-state index in [1.807, 2.05) is 24.1 Å². The molecule has 1 amide bonds. The van der Waals surface area contributed by atoms with Gasteiger partial charge in [0.25, 0.3) is 0 Å². The first kappa shape index (κ1) is 19.5. The fourth-order valence-corrected chi connectivity index (χ4v) is 4.04. The number of carbonyl (C=O) groups excluding carboxylic acids is 1. The van der Waals surface area contributed by atoms with Gasteiger partial charge in [0.15, 0.2) is 0 Å². The number of hydrogen-bond acceptors (Lipinski definition) is 8. The van der Waals surface area contributed by atoms with E-state index in [4.69, 9.17) is 4.98 Å². The molecule has 2 aromatic rings. The molecule has 154 valence electrons. The number of nitrogens with one attached hydrogen (secondary N) is 2. The van der Waals surface area contributed by atoms with Crippen LogP contribution in [-0.4, -0.2) is 75.4 Å². The zero-order valence-electron chi connectivity index (χ0n) is 16.8. The molecule has 29 heavy (non-hydrogen) atoms. The molecule has 0 spiro atoms. The molecule has 2 saturated heterocycles. The number of hydrogen-bond donors (Lipinski definition) is 2. The van der Waals surface area contributed by atoms with Crippen molar-refractivity contribution in [2.45, 2.75) is 31.6 Å². The molecule has 0 radical (unpaired) electrons. The van der Waals surface area contributed by atoms with Gasteiger partial charge < -0.3 is 15.5 Å². The molecular weight excluding hydrogens is 368 g/mol. The van der Waals surface area contributed by atoms with Crippen molar-refractivity contribution in [2.24, 2.45) is 0 Å². The zero-order chi connectivity index (χ0) is 20.1. The van der Waals surface area contributed by atoms with Crippen molar-refractivity contribution < 1.29 is 4.79 Å². The first-order chi connectivity index (χ1) is 14.2. The van der Waals surface area contributed by atoms with Gasteiger partial charge in [-0.05, 0) is 38.3 Å². The normalized spacial score (nSPS) is 19.9. The predicted octanol–water partition coefficient (Wildman–Crippen LogP) is 1.85. The van der Waals surface area contributed by atoms with Crippen molar-refractivity contribution in [1.29, 1.82) is 0 Å². The highest BCUT2D eigenvalue weighted by atomic mass is 16.2. The second-order valence-electron chi connectivity index (χ2n) is 7.63. The van der Waals surface area contributed by atoms with Gasteiger partial charge in [0.05, 0.1) is 12.2 Å². The summed E-state index contributed by atoms with van der Waals surface area (Å²) in [5.74, 6) is 2.45. The Labute approximate surface area is 171 Å². The van der Waals surface area contributed by atoms with Crippen LogP contribution in [0, 0.1) is 0 Å². The molecule has 2 aliphatic heterocycles. The third-order valence-corrected chi connectivity index (χ3v) is 5.58. The number of aromatic nitrogens is 4. The smallest absolute Gasteiger partial charge is 0.236 e. The van der Waals surface area contributed by atoms with E-state index in [2.05, 4.69) is 30.5 Å². The number of rotatable bonds is 6. The molecular formula is C20H28N8O. The molecule has 2 aromatic heterocycles. The van der Waals surface area contributed by atoms with Gasteiger partial charge in [-0.15, -0.1) is 0 Å². The van der Waals surface area contributed by atoms with Crippen molar-refractivity contribution >= 4 is 23.5 Å². The summed E-state index contributed by atoms with van der Waals surface area (Å²) in [4.78, 5) is 34.1. The van der Waals surface area contributed by atoms with Crippen molar-refractivity contribution in [3.8, 4) is 0 Å². The van der Waals surface area contributed by atoms with E-state index in [0.29, 0.717) is 24.2 Å². The van der Waals surface area contributed by atoms with Crippen LogP contribution in [0.25, 0.3) is 0 Å². The van der Waals surface area contributed by atoms with E-state index < -0.39 is 0 Å². The first-order valence-corrected chi connectivity index (χ1v) is 10.3. The lowest BCUT2D eigenvalue weighted by Crippen LogP contribution is -2.43. The molecule has 0 aromatic carbocycles. The monoisotopic (exact) mass is 396 g/mol. The third kappa shape index (κ3) is 4.97. The second kappa shape index (κ2) is 9.13. The van der Waals surface area contributed by atoms with Crippen molar-refractivity contribution in [3.05, 3.63) is 30.4 Å². The van der Waals surface area contributed by atoms with Gasteiger partial charge in [-0.2, -0.15) is 0 Å². The molecule has 0 saturated carbocycles. The molecule has 4 rings (SSSR count). The highest BCUT2D eigenvalue weighted by Gasteiger charge is 2.26. The molecule has 2 fully saturated rings. The van der Waals surface area contributed by atoms with E-state index in [1.165, 1.54) is 6.33 Å². The van der Waals surface area contributed by atoms with Gasteiger partial charge in [0, 0.05) is 44.9 Å². The first-order valence-electron chi connectivity index (χ1n) is 10.3. The fourth-order valence-electron chi connectivity index (χ4n) is 4.04. The molecule has 2 N–H and O–H groups in total. The van der Waals surface area contributed by atoms with Gasteiger partial charge in [0.2, 0.25) is 11.9 Å². The molecule has 1 atom stereocenters. The summed E-state index contributed by atoms with van der Waals surface area (Å²) in [6.45, 7) is 4.17. The predicted molar refractivity (Wildman–Crippen MR) is 111 cm³/mol. The van der Waals surface area contributed by atoms with Crippen LogP contribution < -0.4 is 10.6 Å². The SMILES string of the molecule is CNc1cc(Nc2nccc(C3CCCN(CC(=O)N4CCCC4)C3)n2)ncn1. The Hall–Kier alpha value is -2.81. The van der Waals surface area contributed by atoms with Crippen LogP contribution in [0.3, 0.4) is 0 Å². The van der Waals surface area contributed by atoms with Crippen LogP contribution in [0.2, 0.25) is 0 Å². The highest BCUT2D eigenvalue weighted by Crippen LogP contribution is 2.26. The van der Waals surface area contributed by atoms with Crippen molar-refractivity contribution in [1.82, 2.24) is 29.7 Å². The number of nitrogens with zero attached hydrogens (tertiary/aromatic N) is 6. The zero-order valence-corrected chi connectivity index (χ0v) is 16.8. The van der Waals surface area contributed by atoms with Crippen LogP contribution in [0.4, 0.5) is 17.6 Å². The number of anilines is 3. The topological polar surface area (TPSA) is 99.2 Å². The van der Waals surface area contributed by atoms with E-state index in [9.17, 15) is 4.79 Å². The Morgan fingerprint density at radius 3 is 2.79 bits per heavy atom. The van der Waals surface area contributed by atoms with E-state index in [-0.39, 0.29) is 5.91 Å². The maximum absolute atomic E-state index is 12.5.